The van der Waals surface area contributed by atoms with Gasteiger partial charge in [-0.1, -0.05) is 0 Å². The van der Waals surface area contributed by atoms with Crippen LogP contribution in [-0.4, -0.2) is 64.7 Å². The molecule has 6 nitrogen and oxygen atoms in total. The minimum absolute atomic E-state index is 0.0846. The molecule has 2 aliphatic rings. The molecule has 0 aliphatic carbocycles. The average Bonchev–Trinajstić information content (AvgIpc) is 3.16. The predicted octanol–water partition coefficient (Wildman–Crippen LogP) is 1.53. The summed E-state index contributed by atoms with van der Waals surface area (Å²) in [5.41, 5.74) is 0. The Morgan fingerprint density at radius 2 is 2.22 bits per heavy atom. The summed E-state index contributed by atoms with van der Waals surface area (Å²) in [6.07, 6.45) is 5.84. The van der Waals surface area contributed by atoms with Gasteiger partial charge in [-0.3, -0.25) is 9.69 Å². The van der Waals surface area contributed by atoms with E-state index in [1.807, 2.05) is 17.3 Å². The van der Waals surface area contributed by atoms with Crippen molar-refractivity contribution in [3.05, 3.63) is 18.2 Å². The second kappa shape index (κ2) is 7.45. The molecule has 2 aliphatic heterocycles. The van der Waals surface area contributed by atoms with Gasteiger partial charge in [0.15, 0.2) is 0 Å². The topological polar surface area (TPSA) is 50.6 Å². The number of imidazole rings is 1. The Balaban J connectivity index is 1.56. The summed E-state index contributed by atoms with van der Waals surface area (Å²) in [4.78, 5) is 21.5. The van der Waals surface area contributed by atoms with E-state index in [1.54, 1.807) is 0 Å². The summed E-state index contributed by atoms with van der Waals surface area (Å²) >= 11 is 0. The molecular weight excluding hydrogens is 292 g/mol. The minimum atomic E-state index is 0.0846. The van der Waals surface area contributed by atoms with Gasteiger partial charge in [0.1, 0.15) is 5.82 Å². The van der Waals surface area contributed by atoms with Crippen molar-refractivity contribution in [2.24, 2.45) is 5.92 Å². The van der Waals surface area contributed by atoms with Gasteiger partial charge in [0.05, 0.1) is 19.1 Å². The lowest BCUT2D eigenvalue weighted by molar-refractivity contribution is -0.135. The molecular formula is C17H28N4O2. The van der Waals surface area contributed by atoms with Crippen molar-refractivity contribution in [3.8, 4) is 0 Å². The van der Waals surface area contributed by atoms with E-state index >= 15 is 0 Å². The number of rotatable bonds is 4. The molecule has 0 bridgehead atoms. The summed E-state index contributed by atoms with van der Waals surface area (Å²) in [5.74, 6) is 1.48. The molecule has 1 amide bonds. The summed E-state index contributed by atoms with van der Waals surface area (Å²) in [5, 5.41) is 0. The van der Waals surface area contributed by atoms with Crippen LogP contribution in [0.25, 0.3) is 0 Å². The highest BCUT2D eigenvalue weighted by atomic mass is 16.5. The number of carbonyl (C=O) groups excluding carboxylic acids is 1. The van der Waals surface area contributed by atoms with Crippen LogP contribution in [0, 0.1) is 5.92 Å². The summed E-state index contributed by atoms with van der Waals surface area (Å²) in [7, 11) is 0. The van der Waals surface area contributed by atoms with Crippen LogP contribution >= 0.6 is 0 Å². The van der Waals surface area contributed by atoms with Crippen LogP contribution in [-0.2, 0) is 16.1 Å². The van der Waals surface area contributed by atoms with Crippen molar-refractivity contribution >= 4 is 5.91 Å². The van der Waals surface area contributed by atoms with E-state index < -0.39 is 0 Å². The highest BCUT2D eigenvalue weighted by Crippen LogP contribution is 2.18. The second-order valence-corrected chi connectivity index (χ2v) is 6.86. The van der Waals surface area contributed by atoms with Crippen molar-refractivity contribution in [1.82, 2.24) is 19.4 Å². The van der Waals surface area contributed by atoms with Gasteiger partial charge in [0.2, 0.25) is 5.91 Å². The van der Waals surface area contributed by atoms with E-state index in [4.69, 9.17) is 4.74 Å². The highest BCUT2D eigenvalue weighted by molar-refractivity contribution is 5.79. The van der Waals surface area contributed by atoms with E-state index in [9.17, 15) is 4.79 Å². The van der Waals surface area contributed by atoms with Gasteiger partial charge < -0.3 is 14.2 Å². The number of hydrogen-bond acceptors (Lipinski definition) is 4. The van der Waals surface area contributed by atoms with Crippen LogP contribution in [0.4, 0.5) is 0 Å². The van der Waals surface area contributed by atoms with E-state index in [0.717, 1.165) is 58.0 Å². The van der Waals surface area contributed by atoms with Gasteiger partial charge in [-0.05, 0) is 26.7 Å². The van der Waals surface area contributed by atoms with E-state index in [-0.39, 0.29) is 11.8 Å². The average molecular weight is 320 g/mol. The van der Waals surface area contributed by atoms with Gasteiger partial charge in [-0.15, -0.1) is 0 Å². The molecule has 2 fully saturated rings. The zero-order chi connectivity index (χ0) is 16.2. The van der Waals surface area contributed by atoms with Crippen molar-refractivity contribution in [2.45, 2.75) is 39.3 Å². The normalized spacial score (nSPS) is 23.4. The van der Waals surface area contributed by atoms with Crippen LogP contribution < -0.4 is 0 Å². The fourth-order valence-electron chi connectivity index (χ4n) is 3.47. The molecule has 3 rings (SSSR count). The molecule has 0 aromatic carbocycles. The van der Waals surface area contributed by atoms with Gasteiger partial charge in [0, 0.05) is 51.2 Å². The molecule has 1 aromatic rings. The molecule has 2 saturated heterocycles. The smallest absolute Gasteiger partial charge is 0.228 e. The first-order chi connectivity index (χ1) is 11.1. The van der Waals surface area contributed by atoms with Gasteiger partial charge in [0.25, 0.3) is 0 Å². The number of carbonyl (C=O) groups is 1. The van der Waals surface area contributed by atoms with Crippen molar-refractivity contribution in [2.75, 3.05) is 39.4 Å². The fourth-order valence-corrected chi connectivity index (χ4v) is 3.47. The molecule has 6 heteroatoms. The number of amides is 1. The molecule has 0 spiro atoms. The third kappa shape index (κ3) is 3.93. The largest absolute Gasteiger partial charge is 0.381 e. The van der Waals surface area contributed by atoms with Crippen molar-refractivity contribution in [3.63, 3.8) is 0 Å². The van der Waals surface area contributed by atoms with Crippen LogP contribution in [0.5, 0.6) is 0 Å². The Bertz CT molecular complexity index is 522. The molecule has 23 heavy (non-hydrogen) atoms. The van der Waals surface area contributed by atoms with Crippen LogP contribution in [0.2, 0.25) is 0 Å². The van der Waals surface area contributed by atoms with Crippen molar-refractivity contribution < 1.29 is 9.53 Å². The zero-order valence-corrected chi connectivity index (χ0v) is 14.3. The van der Waals surface area contributed by atoms with Gasteiger partial charge in [-0.25, -0.2) is 4.98 Å². The maximum atomic E-state index is 12.5. The SMILES string of the molecule is CC(C)n1ccnc1CN1CCCN(C(=O)[C@H]2CCOC2)CC1. The first kappa shape index (κ1) is 16.5. The van der Waals surface area contributed by atoms with E-state index in [0.29, 0.717) is 12.6 Å². The monoisotopic (exact) mass is 320 g/mol. The quantitative estimate of drug-likeness (QED) is 0.844. The lowest BCUT2D eigenvalue weighted by Gasteiger charge is -2.24. The molecule has 3 heterocycles. The molecule has 1 aromatic heterocycles. The third-order valence-electron chi connectivity index (χ3n) is 4.85. The molecule has 0 unspecified atom stereocenters. The Morgan fingerprint density at radius 1 is 1.35 bits per heavy atom. The maximum absolute atomic E-state index is 12.5. The van der Waals surface area contributed by atoms with Gasteiger partial charge in [-0.2, -0.15) is 0 Å². The highest BCUT2D eigenvalue weighted by Gasteiger charge is 2.29. The number of ether oxygens (including phenoxy) is 1. The summed E-state index contributed by atoms with van der Waals surface area (Å²) < 4.78 is 7.58. The lowest BCUT2D eigenvalue weighted by Crippen LogP contribution is -2.39. The molecule has 0 radical (unpaired) electrons. The lowest BCUT2D eigenvalue weighted by atomic mass is 10.1. The molecule has 0 N–H and O–H groups in total. The van der Waals surface area contributed by atoms with E-state index in [2.05, 4.69) is 28.3 Å². The first-order valence-corrected chi connectivity index (χ1v) is 8.75. The van der Waals surface area contributed by atoms with E-state index in [1.165, 1.54) is 0 Å². The Hall–Kier alpha value is -1.40. The molecule has 128 valence electrons. The van der Waals surface area contributed by atoms with Crippen molar-refractivity contribution in [1.29, 1.82) is 0 Å². The fraction of sp³-hybridized carbons (Fsp3) is 0.765. The Morgan fingerprint density at radius 3 is 2.96 bits per heavy atom. The zero-order valence-electron chi connectivity index (χ0n) is 14.3. The number of nitrogens with zero attached hydrogens (tertiary/aromatic N) is 4. The Kier molecular flexibility index (Phi) is 5.33. The first-order valence-electron chi connectivity index (χ1n) is 8.75. The standard InChI is InChI=1S/C17H28N4O2/c1-14(2)21-8-5-18-16(21)12-19-6-3-7-20(10-9-19)17(22)15-4-11-23-13-15/h5,8,14-15H,3-4,6-7,9-13H2,1-2H3/t15-/m0/s1. The van der Waals surface area contributed by atoms with Crippen LogP contribution in [0.15, 0.2) is 12.4 Å². The summed E-state index contributed by atoms with van der Waals surface area (Å²) in [6, 6.07) is 0.430. The third-order valence-corrected chi connectivity index (χ3v) is 4.85. The number of aromatic nitrogens is 2. The molecule has 1 atom stereocenters. The number of hydrogen-bond donors (Lipinski definition) is 0. The minimum Gasteiger partial charge on any atom is -0.381 e. The Labute approximate surface area is 138 Å². The van der Waals surface area contributed by atoms with Crippen LogP contribution in [0.1, 0.15) is 38.6 Å². The second-order valence-electron chi connectivity index (χ2n) is 6.86. The predicted molar refractivity (Wildman–Crippen MR) is 88.0 cm³/mol. The summed E-state index contributed by atoms with van der Waals surface area (Å²) in [6.45, 7) is 10.2. The van der Waals surface area contributed by atoms with Crippen LogP contribution in [0.3, 0.4) is 0 Å². The molecule has 0 saturated carbocycles. The van der Waals surface area contributed by atoms with Gasteiger partial charge >= 0.3 is 0 Å². The maximum Gasteiger partial charge on any atom is 0.228 e.